The van der Waals surface area contributed by atoms with Crippen molar-refractivity contribution in [2.45, 2.75) is 19.4 Å². The molecule has 0 unspecified atom stereocenters. The van der Waals surface area contributed by atoms with Gasteiger partial charge in [0.05, 0.1) is 17.4 Å². The van der Waals surface area contributed by atoms with Gasteiger partial charge in [-0.05, 0) is 19.9 Å². The van der Waals surface area contributed by atoms with Crippen LogP contribution >= 0.6 is 0 Å². The maximum absolute atomic E-state index is 11.4. The summed E-state index contributed by atoms with van der Waals surface area (Å²) < 4.78 is 4.77. The van der Waals surface area contributed by atoms with Gasteiger partial charge in [-0.1, -0.05) is 5.92 Å². The molecule has 1 aromatic rings. The summed E-state index contributed by atoms with van der Waals surface area (Å²) >= 11 is 0. The zero-order chi connectivity index (χ0) is 9.90. The molecule has 0 bridgehead atoms. The largest absolute Gasteiger partial charge is 0.472 e. The smallest absolute Gasteiger partial charge is 0.255 e. The second-order valence-corrected chi connectivity index (χ2v) is 3.24. The van der Waals surface area contributed by atoms with Crippen LogP contribution in [0.25, 0.3) is 0 Å². The van der Waals surface area contributed by atoms with E-state index in [-0.39, 0.29) is 5.91 Å². The van der Waals surface area contributed by atoms with Gasteiger partial charge in [0.25, 0.3) is 5.91 Å². The summed E-state index contributed by atoms with van der Waals surface area (Å²) in [7, 11) is 0. The van der Waals surface area contributed by atoms with Gasteiger partial charge in [-0.15, -0.1) is 6.42 Å². The number of hydrogen-bond donors (Lipinski definition) is 1. The van der Waals surface area contributed by atoms with E-state index >= 15 is 0 Å². The summed E-state index contributed by atoms with van der Waals surface area (Å²) in [6, 6.07) is 1.59. The third-order valence-electron chi connectivity index (χ3n) is 1.57. The van der Waals surface area contributed by atoms with Crippen LogP contribution in [0, 0.1) is 12.3 Å². The van der Waals surface area contributed by atoms with Gasteiger partial charge in [0.1, 0.15) is 6.26 Å². The number of hydrogen-bond acceptors (Lipinski definition) is 2. The molecule has 0 spiro atoms. The number of amides is 1. The van der Waals surface area contributed by atoms with Crippen LogP contribution in [-0.2, 0) is 0 Å². The van der Waals surface area contributed by atoms with Crippen molar-refractivity contribution >= 4 is 5.91 Å². The predicted molar refractivity (Wildman–Crippen MR) is 49.1 cm³/mol. The molecule has 68 valence electrons. The summed E-state index contributed by atoms with van der Waals surface area (Å²) in [6.07, 6.45) is 8.04. The lowest BCUT2D eigenvalue weighted by molar-refractivity contribution is 0.0929. The molecule has 0 aliphatic rings. The fourth-order valence-corrected chi connectivity index (χ4v) is 0.786. The van der Waals surface area contributed by atoms with Crippen molar-refractivity contribution in [2.75, 3.05) is 0 Å². The minimum absolute atomic E-state index is 0.225. The Bertz CT molecular complexity index is 330. The average Bonchev–Trinajstić information content (AvgIpc) is 2.55. The molecule has 1 amide bonds. The summed E-state index contributed by atoms with van der Waals surface area (Å²) in [6.45, 7) is 3.51. The molecular formula is C10H11NO2. The molecule has 0 aromatic carbocycles. The number of terminal acetylenes is 1. The Labute approximate surface area is 77.1 Å². The maximum Gasteiger partial charge on any atom is 0.255 e. The lowest BCUT2D eigenvalue weighted by Crippen LogP contribution is -2.41. The molecule has 13 heavy (non-hydrogen) atoms. The maximum atomic E-state index is 11.4. The molecule has 3 heteroatoms. The van der Waals surface area contributed by atoms with Gasteiger partial charge in [-0.3, -0.25) is 4.79 Å². The molecule has 3 nitrogen and oxygen atoms in total. The minimum atomic E-state index is -0.631. The van der Waals surface area contributed by atoms with Crippen molar-refractivity contribution in [3.05, 3.63) is 24.2 Å². The molecule has 0 saturated carbocycles. The topological polar surface area (TPSA) is 42.2 Å². The highest BCUT2D eigenvalue weighted by Gasteiger charge is 2.18. The van der Waals surface area contributed by atoms with E-state index in [1.54, 1.807) is 19.9 Å². The third-order valence-corrected chi connectivity index (χ3v) is 1.57. The van der Waals surface area contributed by atoms with Crippen molar-refractivity contribution in [3.8, 4) is 12.3 Å². The van der Waals surface area contributed by atoms with Crippen LogP contribution in [0.3, 0.4) is 0 Å². The molecule has 0 radical (unpaired) electrons. The molecule has 1 N–H and O–H groups in total. The molecule has 1 aromatic heterocycles. The van der Waals surface area contributed by atoms with E-state index in [0.29, 0.717) is 5.56 Å². The highest BCUT2D eigenvalue weighted by atomic mass is 16.3. The fourth-order valence-electron chi connectivity index (χ4n) is 0.786. The van der Waals surface area contributed by atoms with Gasteiger partial charge in [0.2, 0.25) is 0 Å². The van der Waals surface area contributed by atoms with Gasteiger partial charge in [-0.2, -0.15) is 0 Å². The normalized spacial score (nSPS) is 10.5. The van der Waals surface area contributed by atoms with Crippen LogP contribution in [0.15, 0.2) is 23.0 Å². The first-order valence-corrected chi connectivity index (χ1v) is 3.87. The molecule has 1 rings (SSSR count). The number of carbonyl (C=O) groups excluding carboxylic acids is 1. The highest BCUT2D eigenvalue weighted by Crippen LogP contribution is 2.04. The van der Waals surface area contributed by atoms with Gasteiger partial charge >= 0.3 is 0 Å². The number of carbonyl (C=O) groups is 1. The SMILES string of the molecule is C#CC(C)(C)NC(=O)c1ccoc1. The summed E-state index contributed by atoms with van der Waals surface area (Å²) in [5.41, 5.74) is -0.155. The van der Waals surface area contributed by atoms with Crippen molar-refractivity contribution < 1.29 is 9.21 Å². The van der Waals surface area contributed by atoms with Gasteiger partial charge in [0.15, 0.2) is 0 Å². The number of nitrogens with one attached hydrogen (secondary N) is 1. The van der Waals surface area contributed by atoms with Crippen molar-refractivity contribution in [1.82, 2.24) is 5.32 Å². The lowest BCUT2D eigenvalue weighted by Gasteiger charge is -2.18. The standard InChI is InChI=1S/C10H11NO2/c1-4-10(2,3)11-9(12)8-5-6-13-7-8/h1,5-7H,2-3H3,(H,11,12). The van der Waals surface area contributed by atoms with E-state index in [1.807, 2.05) is 0 Å². The Morgan fingerprint density at radius 2 is 2.38 bits per heavy atom. The Hall–Kier alpha value is -1.69. The Balaban J connectivity index is 2.68. The molecule has 0 atom stereocenters. The van der Waals surface area contributed by atoms with Crippen LogP contribution in [-0.4, -0.2) is 11.4 Å². The Morgan fingerprint density at radius 3 is 2.85 bits per heavy atom. The second-order valence-electron chi connectivity index (χ2n) is 3.24. The second kappa shape index (κ2) is 3.36. The van der Waals surface area contributed by atoms with Crippen LogP contribution in [0.4, 0.5) is 0 Å². The predicted octanol–water partition coefficient (Wildman–Crippen LogP) is 1.42. The van der Waals surface area contributed by atoms with Crippen molar-refractivity contribution in [1.29, 1.82) is 0 Å². The Morgan fingerprint density at radius 1 is 1.69 bits per heavy atom. The first-order chi connectivity index (χ1) is 6.05. The monoisotopic (exact) mass is 177 g/mol. The molecule has 0 fully saturated rings. The highest BCUT2D eigenvalue weighted by molar-refractivity contribution is 5.94. The van der Waals surface area contributed by atoms with Gasteiger partial charge in [0, 0.05) is 0 Å². The summed E-state index contributed by atoms with van der Waals surface area (Å²) in [5.74, 6) is 2.25. The van der Waals surface area contributed by atoms with Crippen LogP contribution in [0.2, 0.25) is 0 Å². The van der Waals surface area contributed by atoms with Gasteiger partial charge < -0.3 is 9.73 Å². The average molecular weight is 177 g/mol. The van der Waals surface area contributed by atoms with E-state index in [9.17, 15) is 4.79 Å². The zero-order valence-corrected chi connectivity index (χ0v) is 7.63. The van der Waals surface area contributed by atoms with Gasteiger partial charge in [-0.25, -0.2) is 0 Å². The van der Waals surface area contributed by atoms with Crippen LogP contribution in [0.5, 0.6) is 0 Å². The first-order valence-electron chi connectivity index (χ1n) is 3.87. The molecule has 0 saturated heterocycles. The third kappa shape index (κ3) is 2.38. The van der Waals surface area contributed by atoms with E-state index in [2.05, 4.69) is 11.2 Å². The van der Waals surface area contributed by atoms with E-state index in [0.717, 1.165) is 0 Å². The first kappa shape index (κ1) is 9.40. The zero-order valence-electron chi connectivity index (χ0n) is 7.63. The molecule has 1 heterocycles. The quantitative estimate of drug-likeness (QED) is 0.694. The van der Waals surface area contributed by atoms with E-state index in [1.165, 1.54) is 12.5 Å². The molecule has 0 aliphatic carbocycles. The number of furan rings is 1. The fraction of sp³-hybridized carbons (Fsp3) is 0.300. The summed E-state index contributed by atoms with van der Waals surface area (Å²) in [5, 5.41) is 2.67. The van der Waals surface area contributed by atoms with Crippen LogP contribution in [0.1, 0.15) is 24.2 Å². The summed E-state index contributed by atoms with van der Waals surface area (Å²) in [4.78, 5) is 11.4. The van der Waals surface area contributed by atoms with E-state index < -0.39 is 5.54 Å². The Kier molecular flexibility index (Phi) is 2.43. The van der Waals surface area contributed by atoms with Crippen LogP contribution < -0.4 is 5.32 Å². The minimum Gasteiger partial charge on any atom is -0.472 e. The van der Waals surface area contributed by atoms with Crippen molar-refractivity contribution in [3.63, 3.8) is 0 Å². The molecule has 0 aliphatic heterocycles. The molecular weight excluding hydrogens is 166 g/mol. The lowest BCUT2D eigenvalue weighted by atomic mass is 10.1. The van der Waals surface area contributed by atoms with Crippen molar-refractivity contribution in [2.24, 2.45) is 0 Å². The van der Waals surface area contributed by atoms with E-state index in [4.69, 9.17) is 10.8 Å². The number of rotatable bonds is 2.